The number of carboxylic acids is 1. The lowest BCUT2D eigenvalue weighted by atomic mass is 10.1. The molecular weight excluding hydrogens is 272 g/mol. The van der Waals surface area contributed by atoms with Crippen molar-refractivity contribution in [3.8, 4) is 11.5 Å². The first-order valence-electron chi connectivity index (χ1n) is 6.74. The Morgan fingerprint density at radius 3 is 3.05 bits per heavy atom. The van der Waals surface area contributed by atoms with E-state index in [-0.39, 0.29) is 6.61 Å². The molecule has 1 aliphatic rings. The number of nitrogens with one attached hydrogen (secondary N) is 1. The Morgan fingerprint density at radius 2 is 2.29 bits per heavy atom. The molecule has 1 unspecified atom stereocenters. The predicted octanol–water partition coefficient (Wildman–Crippen LogP) is 2.11. The third-order valence-corrected chi connectivity index (χ3v) is 3.59. The Kier molecular flexibility index (Phi) is 3.51. The molecule has 6 nitrogen and oxygen atoms in total. The maximum Gasteiger partial charge on any atom is 0.312 e. The molecule has 0 amide bonds. The van der Waals surface area contributed by atoms with Crippen LogP contribution in [0, 0.1) is 0 Å². The van der Waals surface area contributed by atoms with Crippen molar-refractivity contribution < 1.29 is 19.4 Å². The zero-order chi connectivity index (χ0) is 14.8. The van der Waals surface area contributed by atoms with Gasteiger partial charge in [0, 0.05) is 11.8 Å². The topological polar surface area (TPSA) is 84.4 Å². The molecule has 2 N–H and O–H groups in total. The predicted molar refractivity (Wildman–Crippen MR) is 74.6 cm³/mol. The zero-order valence-corrected chi connectivity index (χ0v) is 11.6. The van der Waals surface area contributed by atoms with Crippen molar-refractivity contribution in [2.45, 2.75) is 25.4 Å². The highest BCUT2D eigenvalue weighted by molar-refractivity contribution is 5.76. The van der Waals surface area contributed by atoms with Crippen LogP contribution in [0.4, 0.5) is 0 Å². The number of rotatable bonds is 5. The highest BCUT2D eigenvalue weighted by Crippen LogP contribution is 2.31. The molecular formula is C15H16N2O4. The van der Waals surface area contributed by atoms with Crippen LogP contribution in [0.15, 0.2) is 24.3 Å². The molecule has 6 heteroatoms. The lowest BCUT2D eigenvalue weighted by Gasteiger charge is -2.06. The first kappa shape index (κ1) is 13.5. The van der Waals surface area contributed by atoms with Crippen molar-refractivity contribution in [2.75, 3.05) is 7.11 Å². The number of methoxy groups -OCH3 is 1. The number of benzene rings is 1. The van der Waals surface area contributed by atoms with Crippen LogP contribution >= 0.6 is 0 Å². The highest BCUT2D eigenvalue weighted by atomic mass is 16.5. The van der Waals surface area contributed by atoms with Gasteiger partial charge in [0.2, 0.25) is 0 Å². The molecule has 21 heavy (non-hydrogen) atoms. The van der Waals surface area contributed by atoms with E-state index in [9.17, 15) is 4.79 Å². The molecule has 1 aromatic heterocycles. The number of imidazole rings is 1. The van der Waals surface area contributed by atoms with E-state index in [1.165, 1.54) is 0 Å². The van der Waals surface area contributed by atoms with Crippen LogP contribution in [0.5, 0.6) is 11.5 Å². The van der Waals surface area contributed by atoms with Crippen LogP contribution in [0.25, 0.3) is 0 Å². The minimum absolute atomic E-state index is 0.270. The number of nitrogens with zero attached hydrogens (tertiary/aromatic N) is 1. The first-order valence-corrected chi connectivity index (χ1v) is 6.74. The van der Waals surface area contributed by atoms with Crippen molar-refractivity contribution in [1.82, 2.24) is 9.97 Å². The number of H-pyrrole nitrogens is 1. The summed E-state index contributed by atoms with van der Waals surface area (Å²) in [4.78, 5) is 18.6. The van der Waals surface area contributed by atoms with Crippen LogP contribution in [0.2, 0.25) is 0 Å². The number of aromatic amines is 1. The van der Waals surface area contributed by atoms with E-state index in [2.05, 4.69) is 9.97 Å². The van der Waals surface area contributed by atoms with Crippen molar-refractivity contribution in [1.29, 1.82) is 0 Å². The number of hydrogen-bond acceptors (Lipinski definition) is 4. The summed E-state index contributed by atoms with van der Waals surface area (Å²) in [5.74, 6) is 0.733. The minimum atomic E-state index is -0.819. The Bertz CT molecular complexity index is 665. The lowest BCUT2D eigenvalue weighted by Crippen LogP contribution is -2.09. The first-order chi connectivity index (χ1) is 10.2. The molecule has 0 spiro atoms. The van der Waals surface area contributed by atoms with E-state index >= 15 is 0 Å². The molecule has 0 bridgehead atoms. The van der Waals surface area contributed by atoms with Gasteiger partial charge in [-0.25, -0.2) is 4.98 Å². The van der Waals surface area contributed by atoms with Crippen molar-refractivity contribution in [3.63, 3.8) is 0 Å². The maximum absolute atomic E-state index is 11.1. The van der Waals surface area contributed by atoms with E-state index in [0.717, 1.165) is 17.9 Å². The van der Waals surface area contributed by atoms with E-state index in [1.807, 2.05) is 18.2 Å². The molecule has 0 saturated heterocycles. The van der Waals surface area contributed by atoms with Crippen molar-refractivity contribution >= 4 is 5.97 Å². The summed E-state index contributed by atoms with van der Waals surface area (Å²) in [7, 11) is 1.60. The molecule has 0 fully saturated rings. The smallest absolute Gasteiger partial charge is 0.312 e. The van der Waals surface area contributed by atoms with Gasteiger partial charge < -0.3 is 19.6 Å². The summed E-state index contributed by atoms with van der Waals surface area (Å²) in [6, 6.07) is 7.30. The van der Waals surface area contributed by atoms with Gasteiger partial charge in [-0.15, -0.1) is 0 Å². The number of carboxylic acid groups (broad SMARTS) is 1. The molecule has 3 rings (SSSR count). The van der Waals surface area contributed by atoms with Crippen LogP contribution in [0.1, 0.15) is 29.6 Å². The molecule has 2 aromatic rings. The standard InChI is InChI=1S/C15H16N2O4/c1-20-9-3-2-4-10(7-9)21-8-13-16-12-6-5-11(15(18)19)14(12)17-13/h2-4,7,11H,5-6,8H2,1H3,(H,16,17)(H,18,19). The second kappa shape index (κ2) is 5.47. The fourth-order valence-electron chi connectivity index (χ4n) is 2.53. The molecule has 0 aliphatic heterocycles. The monoisotopic (exact) mass is 288 g/mol. The number of carbonyl (C=O) groups is 1. The summed E-state index contributed by atoms with van der Waals surface area (Å²) >= 11 is 0. The Labute approximate surface area is 121 Å². The summed E-state index contributed by atoms with van der Waals surface area (Å²) in [5, 5.41) is 9.14. The molecule has 110 valence electrons. The van der Waals surface area contributed by atoms with Crippen molar-refractivity contribution in [2.24, 2.45) is 0 Å². The number of aryl methyl sites for hydroxylation is 1. The van der Waals surface area contributed by atoms with E-state index in [0.29, 0.717) is 23.7 Å². The molecule has 1 aliphatic carbocycles. The van der Waals surface area contributed by atoms with Gasteiger partial charge in [0.1, 0.15) is 29.8 Å². The summed E-state index contributed by atoms with van der Waals surface area (Å²) in [6.07, 6.45) is 1.33. The highest BCUT2D eigenvalue weighted by Gasteiger charge is 2.32. The average Bonchev–Trinajstić information content (AvgIpc) is 3.04. The molecule has 1 atom stereocenters. The Morgan fingerprint density at radius 1 is 1.48 bits per heavy atom. The molecule has 1 heterocycles. The van der Waals surface area contributed by atoms with Gasteiger partial charge in [0.25, 0.3) is 0 Å². The number of ether oxygens (including phenoxy) is 2. The van der Waals surface area contributed by atoms with Gasteiger partial charge in [-0.2, -0.15) is 0 Å². The summed E-state index contributed by atoms with van der Waals surface area (Å²) in [6.45, 7) is 0.270. The van der Waals surface area contributed by atoms with Gasteiger partial charge in [-0.05, 0) is 25.0 Å². The largest absolute Gasteiger partial charge is 0.497 e. The van der Waals surface area contributed by atoms with E-state index in [1.54, 1.807) is 13.2 Å². The number of aromatic nitrogens is 2. The summed E-state index contributed by atoms with van der Waals surface area (Å²) in [5.41, 5.74) is 1.55. The van der Waals surface area contributed by atoms with Gasteiger partial charge in [0.05, 0.1) is 12.8 Å². The van der Waals surface area contributed by atoms with Crippen LogP contribution < -0.4 is 9.47 Å². The second-order valence-corrected chi connectivity index (χ2v) is 4.94. The lowest BCUT2D eigenvalue weighted by molar-refractivity contribution is -0.138. The number of aliphatic carboxylic acids is 1. The van der Waals surface area contributed by atoms with Gasteiger partial charge >= 0.3 is 5.97 Å². The average molecular weight is 288 g/mol. The third kappa shape index (κ3) is 2.69. The molecule has 0 radical (unpaired) electrons. The SMILES string of the molecule is COc1cccc(OCc2nc3c([nH]2)CCC3C(=O)O)c1. The van der Waals surface area contributed by atoms with Crippen LogP contribution in [-0.4, -0.2) is 28.2 Å². The molecule has 0 saturated carbocycles. The van der Waals surface area contributed by atoms with E-state index < -0.39 is 11.9 Å². The van der Waals surface area contributed by atoms with E-state index in [4.69, 9.17) is 14.6 Å². The van der Waals surface area contributed by atoms with Gasteiger partial charge in [-0.3, -0.25) is 4.79 Å². The maximum atomic E-state index is 11.1. The fourth-order valence-corrected chi connectivity index (χ4v) is 2.53. The van der Waals surface area contributed by atoms with Crippen molar-refractivity contribution in [3.05, 3.63) is 41.5 Å². The summed E-state index contributed by atoms with van der Waals surface area (Å²) < 4.78 is 10.8. The third-order valence-electron chi connectivity index (χ3n) is 3.59. The van der Waals surface area contributed by atoms with Gasteiger partial charge in [-0.1, -0.05) is 6.07 Å². The minimum Gasteiger partial charge on any atom is -0.497 e. The quantitative estimate of drug-likeness (QED) is 0.880. The second-order valence-electron chi connectivity index (χ2n) is 4.94. The molecule has 1 aromatic carbocycles. The van der Waals surface area contributed by atoms with Crippen LogP contribution in [-0.2, 0) is 17.8 Å². The number of hydrogen-bond donors (Lipinski definition) is 2. The number of fused-ring (bicyclic) bond motifs is 1. The normalized spacial score (nSPS) is 16.5. The fraction of sp³-hybridized carbons (Fsp3) is 0.333. The van der Waals surface area contributed by atoms with Crippen LogP contribution in [0.3, 0.4) is 0 Å². The Balaban J connectivity index is 1.69. The zero-order valence-electron chi connectivity index (χ0n) is 11.6. The Hall–Kier alpha value is -2.50. The van der Waals surface area contributed by atoms with Gasteiger partial charge in [0.15, 0.2) is 0 Å².